The summed E-state index contributed by atoms with van der Waals surface area (Å²) in [6.07, 6.45) is 0. The molecule has 76 valence electrons. The first-order valence-corrected chi connectivity index (χ1v) is 4.74. The summed E-state index contributed by atoms with van der Waals surface area (Å²) in [4.78, 5) is 0. The maximum Gasteiger partial charge on any atom is 0.173 e. The second-order valence-electron chi connectivity index (χ2n) is 2.85. The van der Waals surface area contributed by atoms with E-state index in [0.29, 0.717) is 5.58 Å². The fourth-order valence-electron chi connectivity index (χ4n) is 1.25. The lowest BCUT2D eigenvalue weighted by atomic mass is 10.1. The Balaban J connectivity index is 0.000000461. The molecule has 0 saturated heterocycles. The molecule has 14 heavy (non-hydrogen) atoms. The average molecular weight is 193 g/mol. The molecule has 0 unspecified atom stereocenters. The third-order valence-electron chi connectivity index (χ3n) is 2.04. The summed E-state index contributed by atoms with van der Waals surface area (Å²) in [6.45, 7) is 7.69. The van der Waals surface area contributed by atoms with Crippen molar-refractivity contribution in [3.05, 3.63) is 23.4 Å². The molecule has 0 bridgehead atoms. The first kappa shape index (κ1) is 10.6. The maximum absolute atomic E-state index is 9.34. The van der Waals surface area contributed by atoms with Crippen molar-refractivity contribution >= 4 is 11.0 Å². The van der Waals surface area contributed by atoms with Gasteiger partial charge in [-0.3, -0.25) is 0 Å². The summed E-state index contributed by atoms with van der Waals surface area (Å²) in [6, 6.07) is 3.46. The van der Waals surface area contributed by atoms with Crippen LogP contribution in [0.5, 0.6) is 5.75 Å². The van der Waals surface area contributed by atoms with Crippen LogP contribution in [0.15, 0.2) is 16.7 Å². The summed E-state index contributed by atoms with van der Waals surface area (Å²) in [5, 5.41) is 14.1. The largest absolute Gasteiger partial charge is 0.508 e. The molecule has 2 aromatic rings. The standard InChI is InChI=1S/C9H9NO2.C2H6/c1-5-8(11)4-3-7-6(2)10-12-9(5)7;1-2/h3-4,11H,1-2H3;1-2H3. The molecule has 0 saturated carbocycles. The molecule has 3 heteroatoms. The monoisotopic (exact) mass is 193 g/mol. The Kier molecular flexibility index (Phi) is 3.12. The van der Waals surface area contributed by atoms with Gasteiger partial charge in [0, 0.05) is 10.9 Å². The van der Waals surface area contributed by atoms with E-state index in [0.717, 1.165) is 16.6 Å². The second-order valence-corrected chi connectivity index (χ2v) is 2.85. The van der Waals surface area contributed by atoms with Gasteiger partial charge in [-0.25, -0.2) is 0 Å². The molecule has 0 spiro atoms. The zero-order valence-corrected chi connectivity index (χ0v) is 8.96. The summed E-state index contributed by atoms with van der Waals surface area (Å²) < 4.78 is 5.05. The Labute approximate surface area is 83.3 Å². The average Bonchev–Trinajstić information content (AvgIpc) is 2.58. The van der Waals surface area contributed by atoms with Crippen LogP contribution in [0.1, 0.15) is 25.1 Å². The zero-order chi connectivity index (χ0) is 10.7. The highest BCUT2D eigenvalue weighted by atomic mass is 16.5. The van der Waals surface area contributed by atoms with Gasteiger partial charge >= 0.3 is 0 Å². The van der Waals surface area contributed by atoms with Gasteiger partial charge in [-0.15, -0.1) is 0 Å². The second kappa shape index (κ2) is 4.13. The topological polar surface area (TPSA) is 46.3 Å². The van der Waals surface area contributed by atoms with E-state index in [1.807, 2.05) is 33.8 Å². The number of aromatic nitrogens is 1. The number of aromatic hydroxyl groups is 1. The lowest BCUT2D eigenvalue weighted by Gasteiger charge is -1.96. The predicted octanol–water partition coefficient (Wildman–Crippen LogP) is 3.18. The number of hydrogen-bond donors (Lipinski definition) is 1. The first-order valence-electron chi connectivity index (χ1n) is 4.74. The third kappa shape index (κ3) is 1.58. The Bertz CT molecular complexity index is 432. The molecule has 1 N–H and O–H groups in total. The van der Waals surface area contributed by atoms with Crippen LogP contribution >= 0.6 is 0 Å². The van der Waals surface area contributed by atoms with E-state index in [4.69, 9.17) is 4.52 Å². The number of phenolic OH excluding ortho intramolecular Hbond substituents is 1. The molecule has 0 aliphatic carbocycles. The highest BCUT2D eigenvalue weighted by molar-refractivity contribution is 5.83. The summed E-state index contributed by atoms with van der Waals surface area (Å²) in [5.74, 6) is 0.249. The van der Waals surface area contributed by atoms with Crippen LogP contribution in [0.2, 0.25) is 0 Å². The van der Waals surface area contributed by atoms with Crippen LogP contribution in [0.3, 0.4) is 0 Å². The van der Waals surface area contributed by atoms with Crippen molar-refractivity contribution in [2.45, 2.75) is 27.7 Å². The number of hydrogen-bond acceptors (Lipinski definition) is 3. The van der Waals surface area contributed by atoms with Gasteiger partial charge in [-0.2, -0.15) is 0 Å². The van der Waals surface area contributed by atoms with E-state index in [-0.39, 0.29) is 5.75 Å². The molecule has 3 nitrogen and oxygen atoms in total. The Hall–Kier alpha value is -1.51. The van der Waals surface area contributed by atoms with Crippen molar-refractivity contribution in [2.75, 3.05) is 0 Å². The van der Waals surface area contributed by atoms with E-state index in [1.54, 1.807) is 6.07 Å². The molecule has 0 radical (unpaired) electrons. The van der Waals surface area contributed by atoms with E-state index in [2.05, 4.69) is 5.16 Å². The molecule has 0 amide bonds. The molecule has 2 rings (SSSR count). The van der Waals surface area contributed by atoms with Gasteiger partial charge in [0.1, 0.15) is 5.75 Å². The van der Waals surface area contributed by atoms with Gasteiger partial charge in [0.15, 0.2) is 5.58 Å². The van der Waals surface area contributed by atoms with Crippen molar-refractivity contribution in [2.24, 2.45) is 0 Å². The van der Waals surface area contributed by atoms with Gasteiger partial charge in [-0.1, -0.05) is 19.0 Å². The Morgan fingerprint density at radius 1 is 1.21 bits per heavy atom. The van der Waals surface area contributed by atoms with Crippen molar-refractivity contribution in [3.8, 4) is 5.75 Å². The Morgan fingerprint density at radius 2 is 1.86 bits per heavy atom. The molecule has 0 aliphatic heterocycles. The molecule has 1 aromatic carbocycles. The van der Waals surface area contributed by atoms with Crippen molar-refractivity contribution in [3.63, 3.8) is 0 Å². The van der Waals surface area contributed by atoms with Gasteiger partial charge in [0.05, 0.1) is 5.69 Å². The number of phenols is 1. The lowest BCUT2D eigenvalue weighted by Crippen LogP contribution is -1.75. The smallest absolute Gasteiger partial charge is 0.173 e. The molecule has 1 aromatic heterocycles. The predicted molar refractivity (Wildman–Crippen MR) is 56.5 cm³/mol. The van der Waals surface area contributed by atoms with Gasteiger partial charge in [0.2, 0.25) is 0 Å². The minimum absolute atomic E-state index is 0.249. The fraction of sp³-hybridized carbons (Fsp3) is 0.364. The van der Waals surface area contributed by atoms with Crippen LogP contribution in [-0.2, 0) is 0 Å². The van der Waals surface area contributed by atoms with Crippen molar-refractivity contribution in [1.29, 1.82) is 0 Å². The van der Waals surface area contributed by atoms with E-state index < -0.39 is 0 Å². The fourth-order valence-corrected chi connectivity index (χ4v) is 1.25. The first-order chi connectivity index (χ1) is 6.70. The number of benzene rings is 1. The molecular weight excluding hydrogens is 178 g/mol. The summed E-state index contributed by atoms with van der Waals surface area (Å²) >= 11 is 0. The van der Waals surface area contributed by atoms with E-state index >= 15 is 0 Å². The highest BCUT2D eigenvalue weighted by Crippen LogP contribution is 2.27. The van der Waals surface area contributed by atoms with Crippen molar-refractivity contribution in [1.82, 2.24) is 5.16 Å². The number of aryl methyl sites for hydroxylation is 2. The van der Waals surface area contributed by atoms with E-state index in [1.165, 1.54) is 0 Å². The van der Waals surface area contributed by atoms with Crippen LogP contribution in [0, 0.1) is 13.8 Å². The van der Waals surface area contributed by atoms with Gasteiger partial charge in [-0.05, 0) is 26.0 Å². The van der Waals surface area contributed by atoms with Crippen LogP contribution in [0.25, 0.3) is 11.0 Å². The summed E-state index contributed by atoms with van der Waals surface area (Å²) in [7, 11) is 0. The Morgan fingerprint density at radius 3 is 2.50 bits per heavy atom. The van der Waals surface area contributed by atoms with Gasteiger partial charge < -0.3 is 9.63 Å². The van der Waals surface area contributed by atoms with Crippen molar-refractivity contribution < 1.29 is 9.63 Å². The van der Waals surface area contributed by atoms with Crippen LogP contribution in [0.4, 0.5) is 0 Å². The van der Waals surface area contributed by atoms with Gasteiger partial charge in [0.25, 0.3) is 0 Å². The lowest BCUT2D eigenvalue weighted by molar-refractivity contribution is 0.441. The number of rotatable bonds is 0. The normalized spacial score (nSPS) is 9.71. The SMILES string of the molecule is CC.Cc1noc2c(C)c(O)ccc12. The van der Waals surface area contributed by atoms with E-state index in [9.17, 15) is 5.11 Å². The third-order valence-corrected chi connectivity index (χ3v) is 2.04. The maximum atomic E-state index is 9.34. The molecule has 0 fully saturated rings. The molecule has 0 aliphatic rings. The van der Waals surface area contributed by atoms with Crippen LogP contribution < -0.4 is 0 Å². The number of fused-ring (bicyclic) bond motifs is 1. The molecule has 1 heterocycles. The quantitative estimate of drug-likeness (QED) is 0.699. The molecular formula is C11H15NO2. The van der Waals surface area contributed by atoms with Crippen LogP contribution in [-0.4, -0.2) is 10.3 Å². The minimum Gasteiger partial charge on any atom is -0.508 e. The minimum atomic E-state index is 0.249. The number of nitrogens with zero attached hydrogens (tertiary/aromatic N) is 1. The molecule has 0 atom stereocenters. The zero-order valence-electron chi connectivity index (χ0n) is 8.96. The summed E-state index contributed by atoms with van der Waals surface area (Å²) in [5.41, 5.74) is 2.27. The highest BCUT2D eigenvalue weighted by Gasteiger charge is 2.08.